The smallest absolute Gasteiger partial charge is 0.148 e. The Kier molecular flexibility index (Phi) is 8.99. The average Bonchev–Trinajstić information content (AvgIpc) is 3.95. The fourth-order valence-corrected chi connectivity index (χ4v) is 9.96. The van der Waals surface area contributed by atoms with Gasteiger partial charge in [0.15, 0.2) is 0 Å². The Labute approximate surface area is 355 Å². The number of furan rings is 1. The van der Waals surface area contributed by atoms with E-state index in [1.54, 1.807) is 0 Å². The third-order valence-electron chi connectivity index (χ3n) is 12.7. The predicted molar refractivity (Wildman–Crippen MR) is 234 cm³/mol. The van der Waals surface area contributed by atoms with Crippen LogP contribution in [0.3, 0.4) is 0 Å². The number of pyridine rings is 1. The average molecular weight is 944 g/mol. The Morgan fingerprint density at radius 2 is 1.50 bits per heavy atom. The van der Waals surface area contributed by atoms with Crippen LogP contribution in [0.5, 0.6) is 5.75 Å². The zero-order valence-corrected chi connectivity index (χ0v) is 37.1. The first-order chi connectivity index (χ1) is 27.2. The van der Waals surface area contributed by atoms with Gasteiger partial charge in [0.05, 0.1) is 27.9 Å². The number of nitrogens with zero attached hydrogens (tertiary/aromatic N) is 3. The summed E-state index contributed by atoms with van der Waals surface area (Å²) in [5, 5.41) is 14.4. The number of aromatic hydroxyl groups is 1. The van der Waals surface area contributed by atoms with Crippen molar-refractivity contribution in [3.05, 3.63) is 130 Å². The molecule has 6 heteroatoms. The number of benzene rings is 5. The molecule has 10 rings (SSSR count). The molecule has 1 saturated carbocycles. The molecule has 1 fully saturated rings. The molecule has 2 aliphatic carbocycles. The Morgan fingerprint density at radius 1 is 0.759 bits per heavy atom. The van der Waals surface area contributed by atoms with Crippen molar-refractivity contribution in [3.63, 3.8) is 0 Å². The summed E-state index contributed by atoms with van der Waals surface area (Å²) < 4.78 is 8.92. The van der Waals surface area contributed by atoms with Gasteiger partial charge in [-0.25, -0.2) is 4.98 Å². The van der Waals surface area contributed by atoms with Crippen LogP contribution in [0.4, 0.5) is 0 Å². The molecule has 3 aromatic heterocycles. The van der Waals surface area contributed by atoms with Gasteiger partial charge in [-0.05, 0) is 103 Å². The molecule has 0 saturated heterocycles. The van der Waals surface area contributed by atoms with E-state index < -0.39 is 0 Å². The number of aromatic nitrogens is 3. The molecule has 0 spiro atoms. The second-order valence-corrected chi connectivity index (χ2v) is 18.9. The Balaban J connectivity index is 0.00000436. The monoisotopic (exact) mass is 943 g/mol. The number of phenols is 1. The number of hydrogen-bond donors (Lipinski definition) is 1. The van der Waals surface area contributed by atoms with Gasteiger partial charge >= 0.3 is 0 Å². The van der Waals surface area contributed by atoms with E-state index in [4.69, 9.17) is 14.4 Å². The third kappa shape index (κ3) is 5.98. The molecule has 58 heavy (non-hydrogen) atoms. The first-order valence-corrected chi connectivity index (χ1v) is 20.5. The molecule has 0 amide bonds. The van der Waals surface area contributed by atoms with Crippen molar-refractivity contribution in [3.8, 4) is 45.2 Å². The van der Waals surface area contributed by atoms with Gasteiger partial charge in [0.1, 0.15) is 17.2 Å². The summed E-state index contributed by atoms with van der Waals surface area (Å²) in [6.45, 7) is 19.7. The largest absolute Gasteiger partial charge is 0.507 e. The topological polar surface area (TPSA) is 64.1 Å². The van der Waals surface area contributed by atoms with E-state index in [-0.39, 0.29) is 37.6 Å². The molecule has 5 nitrogen and oxygen atoms in total. The number of phenolic OH excluding ortho intramolecular Hbond substituents is 1. The zero-order chi connectivity index (χ0) is 39.7. The SMILES string of the molecule is Cc1cc(C)c(-n2c(-c3cc(C(C)(C)C)cc(C(C)(C)C)c3O)nc3c(-c4[c-]c(-c5ccc6c(n5)C5CCC6C5)c5oc6ccccc6c5c4)cccc32)c(C)c1.[Pt]. The van der Waals surface area contributed by atoms with E-state index in [9.17, 15) is 5.11 Å². The van der Waals surface area contributed by atoms with Crippen molar-refractivity contribution >= 4 is 33.0 Å². The number of para-hydroxylation sites is 2. The van der Waals surface area contributed by atoms with Crippen molar-refractivity contribution in [2.75, 3.05) is 0 Å². The molecule has 1 N–H and O–H groups in total. The molecule has 2 unspecified atom stereocenters. The van der Waals surface area contributed by atoms with E-state index in [0.29, 0.717) is 17.7 Å². The molecule has 2 aliphatic rings. The predicted octanol–water partition coefficient (Wildman–Crippen LogP) is 13.7. The number of aryl methyl sites for hydroxylation is 3. The number of hydrogen-bond acceptors (Lipinski definition) is 4. The molecule has 2 atom stereocenters. The maximum atomic E-state index is 12.3. The van der Waals surface area contributed by atoms with Crippen molar-refractivity contribution in [1.29, 1.82) is 0 Å². The van der Waals surface area contributed by atoms with Gasteiger partial charge in [-0.15, -0.1) is 17.7 Å². The third-order valence-corrected chi connectivity index (χ3v) is 12.7. The van der Waals surface area contributed by atoms with Gasteiger partial charge in [0, 0.05) is 49.3 Å². The van der Waals surface area contributed by atoms with Crippen LogP contribution in [-0.2, 0) is 31.9 Å². The molecule has 5 aromatic carbocycles. The van der Waals surface area contributed by atoms with E-state index in [0.717, 1.165) is 88.9 Å². The first-order valence-electron chi connectivity index (χ1n) is 20.5. The summed E-state index contributed by atoms with van der Waals surface area (Å²) in [7, 11) is 0. The van der Waals surface area contributed by atoms with Crippen molar-refractivity contribution in [2.24, 2.45) is 0 Å². The Bertz CT molecular complexity index is 2950. The minimum atomic E-state index is -0.295. The summed E-state index contributed by atoms with van der Waals surface area (Å²) in [5.74, 6) is 2.16. The standard InChI is InChI=1S/C52H50N3O2.Pt/c1-28-21-29(2)47(30(3)22-28)55-43-15-12-14-35(46(43)54-50(55)40-26-34(51(4,5)6)27-41(48(40)56)52(7,8)9)33-24-38-37-13-10-11-16-44(37)57-49(38)39(25-33)42-20-19-36-31-17-18-32(23-31)45(36)53-42;/h10-16,19-22,24,26-27,31-32,56H,17-18,23H2,1-9H3;/q-1;. The molecule has 8 aromatic rings. The fraction of sp³-hybridized carbons (Fsp3) is 0.308. The van der Waals surface area contributed by atoms with Gasteiger partial charge in [0.25, 0.3) is 0 Å². The van der Waals surface area contributed by atoms with Crippen LogP contribution in [-0.4, -0.2) is 19.6 Å². The summed E-state index contributed by atoms with van der Waals surface area (Å²) in [6, 6.07) is 34.1. The van der Waals surface area contributed by atoms with Crippen LogP contribution < -0.4 is 0 Å². The maximum Gasteiger partial charge on any atom is 0.148 e. The minimum absolute atomic E-state index is 0. The van der Waals surface area contributed by atoms with E-state index in [1.165, 1.54) is 36.1 Å². The van der Waals surface area contributed by atoms with E-state index in [2.05, 4.69) is 146 Å². The van der Waals surface area contributed by atoms with Gasteiger partial charge in [-0.3, -0.25) is 9.55 Å². The second kappa shape index (κ2) is 13.5. The van der Waals surface area contributed by atoms with Crippen LogP contribution >= 0.6 is 0 Å². The van der Waals surface area contributed by atoms with E-state index in [1.807, 2.05) is 12.1 Å². The molecular formula is C52H50N3O2Pt-. The van der Waals surface area contributed by atoms with Gasteiger partial charge < -0.3 is 9.52 Å². The minimum Gasteiger partial charge on any atom is -0.507 e. The van der Waals surface area contributed by atoms with Crippen molar-refractivity contribution < 1.29 is 30.6 Å². The second-order valence-electron chi connectivity index (χ2n) is 18.9. The number of imidazole rings is 1. The maximum absolute atomic E-state index is 12.3. The van der Waals surface area contributed by atoms with Crippen molar-refractivity contribution in [1.82, 2.24) is 14.5 Å². The van der Waals surface area contributed by atoms with Crippen LogP contribution in [0.1, 0.15) is 112 Å². The number of rotatable bonds is 4. The van der Waals surface area contributed by atoms with Crippen molar-refractivity contribution in [2.45, 2.75) is 104 Å². The summed E-state index contributed by atoms with van der Waals surface area (Å²) >= 11 is 0. The molecule has 2 bridgehead atoms. The summed E-state index contributed by atoms with van der Waals surface area (Å²) in [5.41, 5.74) is 16.7. The summed E-state index contributed by atoms with van der Waals surface area (Å²) in [6.07, 6.45) is 3.70. The van der Waals surface area contributed by atoms with Crippen LogP contribution in [0.25, 0.3) is 72.4 Å². The molecule has 0 radical (unpaired) electrons. The van der Waals surface area contributed by atoms with Crippen LogP contribution in [0.15, 0.2) is 89.3 Å². The molecule has 296 valence electrons. The van der Waals surface area contributed by atoms with Crippen LogP contribution in [0, 0.1) is 26.8 Å². The normalized spacial score (nSPS) is 16.4. The quantitative estimate of drug-likeness (QED) is 0.179. The first kappa shape index (κ1) is 38.5. The molecular weight excluding hydrogens is 894 g/mol. The molecule has 0 aliphatic heterocycles. The van der Waals surface area contributed by atoms with E-state index >= 15 is 0 Å². The number of fused-ring (bicyclic) bond motifs is 9. The van der Waals surface area contributed by atoms with Gasteiger partial charge in [0.2, 0.25) is 0 Å². The Morgan fingerprint density at radius 3 is 2.24 bits per heavy atom. The fourth-order valence-electron chi connectivity index (χ4n) is 9.96. The summed E-state index contributed by atoms with van der Waals surface area (Å²) in [4.78, 5) is 11.0. The Hall–Kier alpha value is -4.99. The molecule has 3 heterocycles. The van der Waals surface area contributed by atoms with Gasteiger partial charge in [-0.1, -0.05) is 119 Å². The van der Waals surface area contributed by atoms with Gasteiger partial charge in [-0.2, -0.15) is 0 Å². The van der Waals surface area contributed by atoms with Crippen LogP contribution in [0.2, 0.25) is 0 Å². The zero-order valence-electron chi connectivity index (χ0n) is 34.9.